The van der Waals surface area contributed by atoms with Crippen LogP contribution in [0.5, 0.6) is 11.5 Å². The number of methoxy groups -OCH3 is 1. The van der Waals surface area contributed by atoms with Gasteiger partial charge in [0.15, 0.2) is 6.23 Å². The molecule has 3 atom stereocenters. The van der Waals surface area contributed by atoms with Crippen LogP contribution in [0.1, 0.15) is 48.5 Å². The predicted molar refractivity (Wildman–Crippen MR) is 110 cm³/mol. The Morgan fingerprint density at radius 2 is 1.88 bits per heavy atom. The minimum atomic E-state index is -0.609. The highest BCUT2D eigenvalue weighted by molar-refractivity contribution is 7.68. The van der Waals surface area contributed by atoms with Gasteiger partial charge in [-0.1, -0.05) is 54.5 Å². The van der Waals surface area contributed by atoms with Crippen molar-refractivity contribution in [2.75, 3.05) is 13.7 Å². The summed E-state index contributed by atoms with van der Waals surface area (Å²) in [5, 5.41) is 1.34. The lowest BCUT2D eigenvalue weighted by Crippen LogP contribution is -2.42. The summed E-state index contributed by atoms with van der Waals surface area (Å²) in [4.78, 5) is 4.92. The van der Waals surface area contributed by atoms with Crippen LogP contribution >= 0.6 is 7.92 Å². The van der Waals surface area contributed by atoms with Gasteiger partial charge < -0.3 is 14.2 Å². The second-order valence-corrected chi connectivity index (χ2v) is 12.1. The molecule has 2 aliphatic rings. The molecule has 0 N–H and O–H groups in total. The largest absolute Gasteiger partial charge is 0.496 e. The van der Waals surface area contributed by atoms with Crippen molar-refractivity contribution in [1.29, 1.82) is 0 Å². The Bertz CT molecular complexity index is 706. The molecular weight excluding hydrogens is 345 g/mol. The molecule has 0 aromatic heterocycles. The topological polar surface area (TPSA) is 40.0 Å². The Hall–Kier alpha value is -1.12. The van der Waals surface area contributed by atoms with Crippen molar-refractivity contribution in [1.82, 2.24) is 0 Å². The van der Waals surface area contributed by atoms with Crippen molar-refractivity contribution in [3.63, 3.8) is 0 Å². The minimum Gasteiger partial charge on any atom is -0.496 e. The Labute approximate surface area is 159 Å². The van der Waals surface area contributed by atoms with E-state index in [0.717, 1.165) is 17.2 Å². The van der Waals surface area contributed by atoms with E-state index in [4.69, 9.17) is 19.2 Å². The quantitative estimate of drug-likeness (QED) is 0.708. The molecule has 2 aliphatic heterocycles. The van der Waals surface area contributed by atoms with Crippen LogP contribution in [0.15, 0.2) is 23.2 Å². The summed E-state index contributed by atoms with van der Waals surface area (Å²) in [5.41, 5.74) is 0.914. The molecule has 0 radical (unpaired) electrons. The van der Waals surface area contributed by atoms with Crippen LogP contribution in [-0.2, 0) is 4.74 Å². The summed E-state index contributed by atoms with van der Waals surface area (Å²) in [6.45, 7) is 16.3. The third-order valence-electron chi connectivity index (χ3n) is 5.22. The van der Waals surface area contributed by atoms with E-state index in [9.17, 15) is 0 Å². The average Bonchev–Trinajstić information content (AvgIpc) is 3.19. The molecule has 4 nitrogen and oxygen atoms in total. The van der Waals surface area contributed by atoms with Crippen LogP contribution in [0.4, 0.5) is 0 Å². The second-order valence-electron chi connectivity index (χ2n) is 9.06. The Morgan fingerprint density at radius 3 is 2.42 bits per heavy atom. The molecule has 0 aliphatic carbocycles. The molecule has 1 aromatic carbocycles. The molecule has 0 fully saturated rings. The fourth-order valence-electron chi connectivity index (χ4n) is 3.68. The van der Waals surface area contributed by atoms with Gasteiger partial charge in [-0.3, -0.25) is 4.99 Å². The Balaban J connectivity index is 2.03. The molecule has 1 aromatic rings. The third kappa shape index (κ3) is 3.27. The van der Waals surface area contributed by atoms with Gasteiger partial charge in [0.25, 0.3) is 0 Å². The minimum absolute atomic E-state index is 0.0385. The van der Waals surface area contributed by atoms with Gasteiger partial charge >= 0.3 is 0 Å². The van der Waals surface area contributed by atoms with Gasteiger partial charge in [0.2, 0.25) is 0 Å². The third-order valence-corrected chi connectivity index (χ3v) is 8.81. The Morgan fingerprint density at radius 1 is 1.19 bits per heavy atom. The maximum atomic E-state index is 6.57. The first-order chi connectivity index (χ1) is 12.1. The predicted octanol–water partition coefficient (Wildman–Crippen LogP) is 4.80. The van der Waals surface area contributed by atoms with E-state index >= 15 is 0 Å². The number of ether oxygens (including phenoxy) is 3. The van der Waals surface area contributed by atoms with Gasteiger partial charge in [-0.05, 0) is 31.1 Å². The summed E-state index contributed by atoms with van der Waals surface area (Å²) in [6.07, 6.45) is -0.0385. The van der Waals surface area contributed by atoms with Crippen molar-refractivity contribution in [2.24, 2.45) is 16.3 Å². The number of fused-ring (bicyclic) bond motifs is 1. The van der Waals surface area contributed by atoms with Gasteiger partial charge in [-0.25, -0.2) is 0 Å². The fraction of sp³-hybridized carbons (Fsp3) is 0.667. The molecule has 0 saturated carbocycles. The molecule has 26 heavy (non-hydrogen) atoms. The first-order valence-electron chi connectivity index (χ1n) is 9.39. The van der Waals surface area contributed by atoms with Crippen LogP contribution in [0.25, 0.3) is 0 Å². The van der Waals surface area contributed by atoms with E-state index < -0.39 is 7.92 Å². The normalized spacial score (nSPS) is 25.9. The molecule has 0 spiro atoms. The van der Waals surface area contributed by atoms with Crippen molar-refractivity contribution in [2.45, 2.75) is 65.7 Å². The van der Waals surface area contributed by atoms with Gasteiger partial charge in [0.05, 0.1) is 24.7 Å². The molecule has 0 saturated heterocycles. The lowest BCUT2D eigenvalue weighted by atomic mass is 9.88. The summed E-state index contributed by atoms with van der Waals surface area (Å²) in [7, 11) is 1.13. The molecule has 0 amide bonds. The van der Waals surface area contributed by atoms with E-state index in [1.807, 2.05) is 12.1 Å². The fourth-order valence-corrected chi connectivity index (χ4v) is 7.07. The van der Waals surface area contributed by atoms with E-state index in [0.29, 0.717) is 12.5 Å². The molecule has 3 rings (SSSR count). The van der Waals surface area contributed by atoms with Crippen molar-refractivity contribution < 1.29 is 14.2 Å². The molecule has 2 heterocycles. The number of rotatable bonds is 4. The first kappa shape index (κ1) is 19.6. The van der Waals surface area contributed by atoms with Crippen LogP contribution in [0, 0.1) is 11.3 Å². The molecular formula is C21H32NO3P. The van der Waals surface area contributed by atoms with Crippen molar-refractivity contribution in [3.05, 3.63) is 18.2 Å². The zero-order chi connectivity index (χ0) is 19.3. The van der Waals surface area contributed by atoms with Crippen LogP contribution in [-0.4, -0.2) is 36.7 Å². The monoisotopic (exact) mass is 377 g/mol. The highest BCUT2D eigenvalue weighted by atomic mass is 31.1. The SMILES string of the molecule is COc1cccc2c1P(C(C)(C)C)C(C(C)(C)C1=N[C@H](C(C)C)OC1)O2. The number of nitrogens with zero attached hydrogens (tertiary/aromatic N) is 1. The highest BCUT2D eigenvalue weighted by Gasteiger charge is 2.52. The zero-order valence-electron chi connectivity index (χ0n) is 17.3. The average molecular weight is 377 g/mol. The first-order valence-corrected chi connectivity index (χ1v) is 10.8. The van der Waals surface area contributed by atoms with E-state index in [2.05, 4.69) is 54.5 Å². The molecule has 2 unspecified atom stereocenters. The number of benzene rings is 1. The smallest absolute Gasteiger partial charge is 0.151 e. The maximum Gasteiger partial charge on any atom is 0.151 e. The van der Waals surface area contributed by atoms with E-state index in [1.54, 1.807) is 7.11 Å². The van der Waals surface area contributed by atoms with Crippen LogP contribution < -0.4 is 14.8 Å². The summed E-state index contributed by atoms with van der Waals surface area (Å²) in [5.74, 6) is 2.33. The number of aliphatic imine (C=N–C) groups is 1. The summed E-state index contributed by atoms with van der Waals surface area (Å²) >= 11 is 0. The van der Waals surface area contributed by atoms with Gasteiger partial charge in [0, 0.05) is 5.41 Å². The summed E-state index contributed by atoms with van der Waals surface area (Å²) < 4.78 is 18.2. The second kappa shape index (κ2) is 6.80. The number of hydrogen-bond donors (Lipinski definition) is 0. The van der Waals surface area contributed by atoms with Gasteiger partial charge in [-0.2, -0.15) is 0 Å². The van der Waals surface area contributed by atoms with Crippen molar-refractivity contribution in [3.8, 4) is 11.5 Å². The number of hydrogen-bond acceptors (Lipinski definition) is 4. The van der Waals surface area contributed by atoms with Crippen LogP contribution in [0.3, 0.4) is 0 Å². The Kier molecular flexibility index (Phi) is 5.13. The van der Waals surface area contributed by atoms with E-state index in [1.165, 1.54) is 5.30 Å². The standard InChI is InChI=1S/C21H32NO3P/c1-13(2)18-22-16(12-24-18)21(6,7)19-25-15-11-9-10-14(23-8)17(15)26(19)20(3,4)5/h9-11,13,18-19H,12H2,1-8H3/t18-,19?,26?/m0/s1. The maximum absolute atomic E-state index is 6.57. The summed E-state index contributed by atoms with van der Waals surface area (Å²) in [6, 6.07) is 6.12. The van der Waals surface area contributed by atoms with Crippen molar-refractivity contribution >= 4 is 18.9 Å². The lowest BCUT2D eigenvalue weighted by molar-refractivity contribution is 0.0715. The van der Waals surface area contributed by atoms with Gasteiger partial charge in [-0.15, -0.1) is 0 Å². The highest BCUT2D eigenvalue weighted by Crippen LogP contribution is 2.64. The van der Waals surface area contributed by atoms with E-state index in [-0.39, 0.29) is 22.6 Å². The van der Waals surface area contributed by atoms with Crippen LogP contribution in [0.2, 0.25) is 0 Å². The lowest BCUT2D eigenvalue weighted by Gasteiger charge is -2.40. The zero-order valence-corrected chi connectivity index (χ0v) is 18.2. The molecule has 5 heteroatoms. The molecule has 0 bridgehead atoms. The van der Waals surface area contributed by atoms with Gasteiger partial charge in [0.1, 0.15) is 17.3 Å². The molecule has 144 valence electrons.